The Balaban J connectivity index is 3.35. The molecule has 0 heterocycles. The minimum atomic E-state index is -0.466. The van der Waals surface area contributed by atoms with Crippen molar-refractivity contribution in [2.24, 2.45) is 0 Å². The van der Waals surface area contributed by atoms with Crippen LogP contribution >= 0.6 is 0 Å². The van der Waals surface area contributed by atoms with Crippen LogP contribution in [0.2, 0.25) is 0 Å². The third-order valence-electron chi connectivity index (χ3n) is 3.16. The van der Waals surface area contributed by atoms with E-state index in [1.807, 2.05) is 38.1 Å². The van der Waals surface area contributed by atoms with Gasteiger partial charge in [-0.2, -0.15) is 0 Å². The smallest absolute Gasteiger partial charge is 0.169 e. The van der Waals surface area contributed by atoms with E-state index in [0.717, 1.165) is 21.6 Å². The van der Waals surface area contributed by atoms with Crippen molar-refractivity contribution in [1.82, 2.24) is 0 Å². The van der Waals surface area contributed by atoms with Crippen LogP contribution < -0.4 is 15.2 Å². The summed E-state index contributed by atoms with van der Waals surface area (Å²) in [5, 5.41) is 1.81. The number of aryl methyl sites for hydroxylation is 1. The molecule has 2 heteroatoms. The van der Waals surface area contributed by atoms with Gasteiger partial charge >= 0.3 is 0 Å². The number of carbonyl (C=O) groups is 1. The third-order valence-corrected chi connectivity index (χ3v) is 3.16. The van der Waals surface area contributed by atoms with Crippen LogP contribution in [-0.4, -0.2) is 11.9 Å². The normalized spacial score (nSPS) is 13.8. The molecule has 0 aromatic heterocycles. The number of benzene rings is 1. The van der Waals surface area contributed by atoms with Crippen molar-refractivity contribution in [3.05, 3.63) is 39.8 Å². The molecule has 0 aliphatic rings. The minimum Gasteiger partial charge on any atom is -0.483 e. The molecule has 0 N–H and O–H groups in total. The molecule has 1 rings (SSSR count). The SMILES string of the molecule is C#CC(/C=c1/cc(OC(C)C(C)=O)cc(C)c1=C)=C/C. The molecule has 0 bridgehead atoms. The Morgan fingerprint density at radius 1 is 1.50 bits per heavy atom. The average Bonchev–Trinajstić information content (AvgIpc) is 2.40. The van der Waals surface area contributed by atoms with Crippen LogP contribution in [0.15, 0.2) is 23.8 Å². The molecule has 0 aliphatic carbocycles. The van der Waals surface area contributed by atoms with E-state index in [4.69, 9.17) is 11.2 Å². The fourth-order valence-electron chi connectivity index (χ4n) is 1.67. The van der Waals surface area contributed by atoms with Crippen LogP contribution in [0.1, 0.15) is 26.3 Å². The first-order valence-electron chi connectivity index (χ1n) is 6.50. The fraction of sp³-hybridized carbons (Fsp3) is 0.278. The van der Waals surface area contributed by atoms with Gasteiger partial charge in [-0.25, -0.2) is 0 Å². The van der Waals surface area contributed by atoms with E-state index in [0.29, 0.717) is 5.75 Å². The van der Waals surface area contributed by atoms with Gasteiger partial charge in [0, 0.05) is 5.57 Å². The summed E-state index contributed by atoms with van der Waals surface area (Å²) in [6, 6.07) is 3.74. The third kappa shape index (κ3) is 3.86. The minimum absolute atomic E-state index is 0.00958. The van der Waals surface area contributed by atoms with Crippen molar-refractivity contribution in [3.8, 4) is 18.1 Å². The lowest BCUT2D eigenvalue weighted by molar-refractivity contribution is -0.122. The van der Waals surface area contributed by atoms with Gasteiger partial charge in [0.05, 0.1) is 0 Å². The van der Waals surface area contributed by atoms with E-state index in [-0.39, 0.29) is 5.78 Å². The monoisotopic (exact) mass is 268 g/mol. The van der Waals surface area contributed by atoms with Crippen LogP contribution in [0.4, 0.5) is 0 Å². The van der Waals surface area contributed by atoms with Crippen LogP contribution in [0.3, 0.4) is 0 Å². The largest absolute Gasteiger partial charge is 0.483 e. The number of ketones is 1. The standard InChI is InChI=1S/C18H20O2/c1-7-16(8-2)10-17-11-18(9-12(3)13(17)4)20-15(6)14(5)19/h1,8-11,15H,4H2,2-3,5-6H3/b16-8-,17-10-. The molecule has 0 fully saturated rings. The summed E-state index contributed by atoms with van der Waals surface area (Å²) >= 11 is 0. The number of hydrogen-bond donors (Lipinski definition) is 0. The molecule has 20 heavy (non-hydrogen) atoms. The van der Waals surface area contributed by atoms with Gasteiger partial charge in [0.1, 0.15) is 5.75 Å². The molecular formula is C18H20O2. The van der Waals surface area contributed by atoms with Crippen LogP contribution in [0.5, 0.6) is 5.75 Å². The Hall–Kier alpha value is -2.27. The van der Waals surface area contributed by atoms with Crippen LogP contribution in [0.25, 0.3) is 12.7 Å². The molecule has 1 aromatic carbocycles. The number of carbonyl (C=O) groups excluding carboxylic acids is 1. The lowest BCUT2D eigenvalue weighted by Gasteiger charge is -2.12. The van der Waals surface area contributed by atoms with Gasteiger partial charge in [-0.05, 0) is 61.9 Å². The molecule has 0 spiro atoms. The van der Waals surface area contributed by atoms with Gasteiger partial charge in [-0.15, -0.1) is 6.42 Å². The van der Waals surface area contributed by atoms with E-state index in [1.165, 1.54) is 6.92 Å². The maximum absolute atomic E-state index is 11.3. The van der Waals surface area contributed by atoms with Crippen molar-refractivity contribution in [2.75, 3.05) is 0 Å². The van der Waals surface area contributed by atoms with E-state index in [1.54, 1.807) is 6.92 Å². The number of Topliss-reactive ketones (excluding diaryl/α,β-unsaturated/α-hetero) is 1. The highest BCUT2D eigenvalue weighted by Gasteiger charge is 2.09. The number of hydrogen-bond acceptors (Lipinski definition) is 2. The summed E-state index contributed by atoms with van der Waals surface area (Å²) in [6.45, 7) is 11.1. The summed E-state index contributed by atoms with van der Waals surface area (Å²) in [5.74, 6) is 3.25. The zero-order valence-corrected chi connectivity index (χ0v) is 12.5. The molecule has 1 unspecified atom stereocenters. The molecule has 0 saturated heterocycles. The zero-order chi connectivity index (χ0) is 15.3. The van der Waals surface area contributed by atoms with Gasteiger partial charge in [0.2, 0.25) is 0 Å². The molecule has 0 radical (unpaired) electrons. The van der Waals surface area contributed by atoms with Crippen molar-refractivity contribution in [2.45, 2.75) is 33.8 Å². The topological polar surface area (TPSA) is 26.3 Å². The Morgan fingerprint density at radius 2 is 2.15 bits per heavy atom. The van der Waals surface area contributed by atoms with Crippen molar-refractivity contribution in [3.63, 3.8) is 0 Å². The maximum atomic E-state index is 11.3. The van der Waals surface area contributed by atoms with Crippen molar-refractivity contribution >= 4 is 18.4 Å². The average molecular weight is 268 g/mol. The molecule has 0 aliphatic heterocycles. The summed E-state index contributed by atoms with van der Waals surface area (Å²) in [4.78, 5) is 11.3. The Morgan fingerprint density at radius 3 is 2.65 bits per heavy atom. The fourth-order valence-corrected chi connectivity index (χ4v) is 1.67. The molecule has 0 saturated carbocycles. The Bertz CT molecular complexity index is 687. The zero-order valence-electron chi connectivity index (χ0n) is 12.5. The van der Waals surface area contributed by atoms with Gasteiger partial charge in [-0.1, -0.05) is 18.6 Å². The summed E-state index contributed by atoms with van der Waals surface area (Å²) in [6.07, 6.45) is 8.72. The quantitative estimate of drug-likeness (QED) is 0.782. The maximum Gasteiger partial charge on any atom is 0.169 e. The van der Waals surface area contributed by atoms with Crippen molar-refractivity contribution in [1.29, 1.82) is 0 Å². The predicted octanol–water partition coefficient (Wildman–Crippen LogP) is 2.12. The Kier molecular flexibility index (Phi) is 5.34. The van der Waals surface area contributed by atoms with E-state index < -0.39 is 6.10 Å². The summed E-state index contributed by atoms with van der Waals surface area (Å²) in [5.41, 5.74) is 1.78. The lowest BCUT2D eigenvalue weighted by atomic mass is 10.1. The predicted molar refractivity (Wildman–Crippen MR) is 83.8 cm³/mol. The first-order valence-corrected chi connectivity index (χ1v) is 6.50. The molecular weight excluding hydrogens is 248 g/mol. The highest BCUT2D eigenvalue weighted by Crippen LogP contribution is 2.10. The van der Waals surface area contributed by atoms with Crippen LogP contribution in [-0.2, 0) is 4.79 Å². The molecule has 1 aromatic rings. The number of ether oxygens (including phenoxy) is 1. The van der Waals surface area contributed by atoms with Crippen molar-refractivity contribution < 1.29 is 9.53 Å². The molecule has 104 valence electrons. The second-order valence-electron chi connectivity index (χ2n) is 4.71. The highest BCUT2D eigenvalue weighted by molar-refractivity contribution is 5.80. The Labute approximate surface area is 120 Å². The van der Waals surface area contributed by atoms with Crippen LogP contribution in [0, 0.1) is 19.3 Å². The number of terminal acetylenes is 1. The van der Waals surface area contributed by atoms with E-state index >= 15 is 0 Å². The summed E-state index contributed by atoms with van der Waals surface area (Å²) in [7, 11) is 0. The van der Waals surface area contributed by atoms with Gasteiger partial charge < -0.3 is 4.74 Å². The number of rotatable bonds is 4. The van der Waals surface area contributed by atoms with Gasteiger partial charge in [0.15, 0.2) is 11.9 Å². The van der Waals surface area contributed by atoms with Gasteiger partial charge in [-0.3, -0.25) is 4.79 Å². The highest BCUT2D eigenvalue weighted by atomic mass is 16.5. The summed E-state index contributed by atoms with van der Waals surface area (Å²) < 4.78 is 5.63. The molecule has 2 nitrogen and oxygen atoms in total. The number of allylic oxidation sites excluding steroid dienone is 2. The second kappa shape index (κ2) is 6.77. The van der Waals surface area contributed by atoms with E-state index in [2.05, 4.69) is 12.5 Å². The van der Waals surface area contributed by atoms with E-state index in [9.17, 15) is 4.79 Å². The second-order valence-corrected chi connectivity index (χ2v) is 4.71. The first kappa shape index (κ1) is 15.8. The molecule has 0 amide bonds. The first-order chi connectivity index (χ1) is 9.38. The van der Waals surface area contributed by atoms with Gasteiger partial charge in [0.25, 0.3) is 0 Å². The lowest BCUT2D eigenvalue weighted by Crippen LogP contribution is -2.28. The molecule has 1 atom stereocenters.